The van der Waals surface area contributed by atoms with Crippen LogP contribution in [0.1, 0.15) is 41.4 Å². The van der Waals surface area contributed by atoms with Crippen molar-refractivity contribution in [1.29, 1.82) is 0 Å². The molecule has 2 aliphatic rings. The largest absolute Gasteiger partial charge is 0.362 e. The Morgan fingerprint density at radius 2 is 1.79 bits per heavy atom. The molecule has 4 rings (SSSR count). The number of rotatable bonds is 3. The number of carbonyl (C=O) groups excluding carboxylic acids is 1. The Bertz CT molecular complexity index is 891. The quantitative estimate of drug-likeness (QED) is 0.797. The van der Waals surface area contributed by atoms with Crippen LogP contribution in [0.25, 0.3) is 0 Å². The van der Waals surface area contributed by atoms with Gasteiger partial charge >= 0.3 is 0 Å². The first-order chi connectivity index (χ1) is 13.9. The second kappa shape index (κ2) is 7.97. The van der Waals surface area contributed by atoms with Crippen LogP contribution in [0, 0.1) is 11.7 Å². The fraction of sp³-hybridized carbons (Fsp3) is 0.500. The highest BCUT2D eigenvalue weighted by Crippen LogP contribution is 2.30. The summed E-state index contributed by atoms with van der Waals surface area (Å²) in [5.41, 5.74) is 2.53. The molecule has 2 aromatic rings. The SMILES string of the molecule is CC1CCN(c2nc3c(c(N(C)C)n2)CN(C(=O)c2ccc(F)cc2)CC3)CC1. The molecular formula is C22H28FN5O. The van der Waals surface area contributed by atoms with E-state index in [1.165, 1.54) is 24.3 Å². The average molecular weight is 397 g/mol. The predicted octanol–water partition coefficient (Wildman–Crippen LogP) is 3.12. The molecule has 154 valence electrons. The molecule has 1 aromatic heterocycles. The van der Waals surface area contributed by atoms with Crippen molar-refractivity contribution in [1.82, 2.24) is 14.9 Å². The number of nitrogens with zero attached hydrogens (tertiary/aromatic N) is 5. The summed E-state index contributed by atoms with van der Waals surface area (Å²) in [6, 6.07) is 5.73. The van der Waals surface area contributed by atoms with E-state index in [1.807, 2.05) is 19.0 Å². The summed E-state index contributed by atoms with van der Waals surface area (Å²) in [4.78, 5) is 28.7. The number of hydrogen-bond acceptors (Lipinski definition) is 5. The highest BCUT2D eigenvalue weighted by molar-refractivity contribution is 5.94. The Morgan fingerprint density at radius 1 is 1.10 bits per heavy atom. The maximum atomic E-state index is 13.2. The normalized spacial score (nSPS) is 17.2. The fourth-order valence-corrected chi connectivity index (χ4v) is 4.05. The Hall–Kier alpha value is -2.70. The first kappa shape index (κ1) is 19.6. The van der Waals surface area contributed by atoms with Crippen LogP contribution in [0.2, 0.25) is 0 Å². The topological polar surface area (TPSA) is 52.6 Å². The molecule has 7 heteroatoms. The van der Waals surface area contributed by atoms with E-state index in [9.17, 15) is 9.18 Å². The summed E-state index contributed by atoms with van der Waals surface area (Å²) in [6.07, 6.45) is 3.03. The number of benzene rings is 1. The lowest BCUT2D eigenvalue weighted by Crippen LogP contribution is -2.39. The summed E-state index contributed by atoms with van der Waals surface area (Å²) in [5, 5.41) is 0. The molecule has 3 heterocycles. The standard InChI is InChI=1S/C22H28FN5O/c1-15-8-11-27(12-9-15)22-24-19-10-13-28(14-18(19)20(25-22)26(2)3)21(29)16-4-6-17(23)7-5-16/h4-7,15H,8-14H2,1-3H3. The second-order valence-corrected chi connectivity index (χ2v) is 8.32. The zero-order valence-corrected chi connectivity index (χ0v) is 17.4. The Balaban J connectivity index is 1.60. The summed E-state index contributed by atoms with van der Waals surface area (Å²) >= 11 is 0. The zero-order valence-electron chi connectivity index (χ0n) is 17.4. The second-order valence-electron chi connectivity index (χ2n) is 8.32. The molecule has 0 unspecified atom stereocenters. The van der Waals surface area contributed by atoms with Gasteiger partial charge in [0, 0.05) is 51.3 Å². The van der Waals surface area contributed by atoms with Crippen LogP contribution in [-0.2, 0) is 13.0 Å². The third-order valence-corrected chi connectivity index (χ3v) is 5.90. The molecule has 0 bridgehead atoms. The van der Waals surface area contributed by atoms with Gasteiger partial charge < -0.3 is 14.7 Å². The van der Waals surface area contributed by atoms with E-state index in [-0.39, 0.29) is 11.7 Å². The number of hydrogen-bond donors (Lipinski definition) is 0. The third kappa shape index (κ3) is 4.04. The van der Waals surface area contributed by atoms with Gasteiger partial charge in [0.1, 0.15) is 11.6 Å². The van der Waals surface area contributed by atoms with Crippen LogP contribution >= 0.6 is 0 Å². The summed E-state index contributed by atoms with van der Waals surface area (Å²) in [5.74, 6) is 2.00. The molecule has 0 saturated carbocycles. The van der Waals surface area contributed by atoms with Crippen LogP contribution in [0.3, 0.4) is 0 Å². The van der Waals surface area contributed by atoms with Crippen LogP contribution in [-0.4, -0.2) is 54.5 Å². The Kier molecular flexibility index (Phi) is 5.39. The zero-order chi connectivity index (χ0) is 20.5. The molecule has 1 amide bonds. The number of anilines is 2. The van der Waals surface area contributed by atoms with Gasteiger partial charge in [0.05, 0.1) is 12.2 Å². The van der Waals surface area contributed by atoms with Gasteiger partial charge in [-0.2, -0.15) is 4.98 Å². The van der Waals surface area contributed by atoms with Crippen molar-refractivity contribution in [2.75, 3.05) is 43.5 Å². The molecule has 0 N–H and O–H groups in total. The van der Waals surface area contributed by atoms with Crippen LogP contribution in [0.5, 0.6) is 0 Å². The maximum absolute atomic E-state index is 13.2. The minimum atomic E-state index is -0.339. The number of fused-ring (bicyclic) bond motifs is 1. The highest BCUT2D eigenvalue weighted by atomic mass is 19.1. The maximum Gasteiger partial charge on any atom is 0.254 e. The number of piperidine rings is 1. The van der Waals surface area contributed by atoms with E-state index < -0.39 is 0 Å². The number of aromatic nitrogens is 2. The lowest BCUT2D eigenvalue weighted by molar-refractivity contribution is 0.0733. The van der Waals surface area contributed by atoms with Crippen molar-refractivity contribution < 1.29 is 9.18 Å². The molecule has 29 heavy (non-hydrogen) atoms. The van der Waals surface area contributed by atoms with Crippen molar-refractivity contribution in [3.63, 3.8) is 0 Å². The first-order valence-electron chi connectivity index (χ1n) is 10.3. The van der Waals surface area contributed by atoms with Crippen LogP contribution in [0.4, 0.5) is 16.2 Å². The van der Waals surface area contributed by atoms with E-state index in [0.29, 0.717) is 25.1 Å². The van der Waals surface area contributed by atoms with Gasteiger partial charge in [0.2, 0.25) is 5.95 Å². The van der Waals surface area contributed by atoms with E-state index >= 15 is 0 Å². The van der Waals surface area contributed by atoms with Crippen molar-refractivity contribution in [2.45, 2.75) is 32.7 Å². The minimum Gasteiger partial charge on any atom is -0.362 e. The van der Waals surface area contributed by atoms with E-state index in [4.69, 9.17) is 9.97 Å². The molecule has 1 saturated heterocycles. The molecular weight excluding hydrogens is 369 g/mol. The Morgan fingerprint density at radius 3 is 2.45 bits per heavy atom. The third-order valence-electron chi connectivity index (χ3n) is 5.90. The van der Waals surface area contributed by atoms with Crippen molar-refractivity contribution >= 4 is 17.7 Å². The lowest BCUT2D eigenvalue weighted by Gasteiger charge is -2.34. The highest BCUT2D eigenvalue weighted by Gasteiger charge is 2.28. The number of halogens is 1. The van der Waals surface area contributed by atoms with E-state index in [1.54, 1.807) is 4.90 Å². The Labute approximate surface area is 171 Å². The van der Waals surface area contributed by atoms with Gasteiger partial charge in [0.15, 0.2) is 0 Å². The van der Waals surface area contributed by atoms with Gasteiger partial charge in [-0.15, -0.1) is 0 Å². The number of amides is 1. The van der Waals surface area contributed by atoms with E-state index in [2.05, 4.69) is 11.8 Å². The average Bonchev–Trinajstić information content (AvgIpc) is 2.73. The predicted molar refractivity (Wildman–Crippen MR) is 112 cm³/mol. The molecule has 1 aromatic carbocycles. The van der Waals surface area contributed by atoms with Gasteiger partial charge in [-0.3, -0.25) is 4.79 Å². The lowest BCUT2D eigenvalue weighted by atomic mass is 9.99. The van der Waals surface area contributed by atoms with Crippen LogP contribution in [0.15, 0.2) is 24.3 Å². The molecule has 0 aliphatic carbocycles. The smallest absolute Gasteiger partial charge is 0.254 e. The summed E-state index contributed by atoms with van der Waals surface area (Å²) in [6.45, 7) is 5.34. The summed E-state index contributed by atoms with van der Waals surface area (Å²) < 4.78 is 13.2. The van der Waals surface area contributed by atoms with Gasteiger partial charge in [-0.1, -0.05) is 6.92 Å². The first-order valence-corrected chi connectivity index (χ1v) is 10.3. The molecule has 6 nitrogen and oxygen atoms in total. The molecule has 0 atom stereocenters. The van der Waals surface area contributed by atoms with Crippen molar-refractivity contribution in [3.8, 4) is 0 Å². The van der Waals surface area contributed by atoms with Gasteiger partial charge in [-0.25, -0.2) is 9.37 Å². The van der Waals surface area contributed by atoms with Crippen molar-refractivity contribution in [3.05, 3.63) is 46.9 Å². The van der Waals surface area contributed by atoms with Gasteiger partial charge in [0.25, 0.3) is 5.91 Å². The summed E-state index contributed by atoms with van der Waals surface area (Å²) in [7, 11) is 3.96. The molecule has 0 radical (unpaired) electrons. The van der Waals surface area contributed by atoms with Gasteiger partial charge in [-0.05, 0) is 43.0 Å². The fourth-order valence-electron chi connectivity index (χ4n) is 4.05. The van der Waals surface area contributed by atoms with Crippen molar-refractivity contribution in [2.24, 2.45) is 5.92 Å². The molecule has 1 fully saturated rings. The number of carbonyl (C=O) groups is 1. The van der Waals surface area contributed by atoms with Crippen LogP contribution < -0.4 is 9.80 Å². The molecule has 2 aliphatic heterocycles. The monoisotopic (exact) mass is 397 g/mol. The van der Waals surface area contributed by atoms with E-state index in [0.717, 1.165) is 54.9 Å². The minimum absolute atomic E-state index is 0.0885. The molecule has 0 spiro atoms.